The van der Waals surface area contributed by atoms with Crippen LogP contribution >= 0.6 is 0 Å². The maximum Gasteiger partial charge on any atom is 0.322 e. The third kappa shape index (κ3) is 4.81. The van der Waals surface area contributed by atoms with Gasteiger partial charge in [0.2, 0.25) is 6.79 Å². The second-order valence-electron chi connectivity index (χ2n) is 6.84. The molecule has 0 atom stereocenters. The number of anilines is 1. The Bertz CT molecular complexity index is 993. The molecule has 4 rings (SSSR count). The molecule has 7 heteroatoms. The maximum absolute atomic E-state index is 13.0. The molecular weight excluding hydrogens is 382 g/mol. The number of carbonyl (C=O) groups is 1. The molecule has 1 N–H and O–H groups in total. The van der Waals surface area contributed by atoms with E-state index in [-0.39, 0.29) is 12.8 Å². The number of nitrogens with zero attached hydrogens (tertiary/aromatic N) is 2. The molecule has 0 bridgehead atoms. The highest BCUT2D eigenvalue weighted by Gasteiger charge is 2.18. The normalized spacial score (nSPS) is 11.8. The molecule has 2 amide bonds. The second kappa shape index (κ2) is 9.17. The van der Waals surface area contributed by atoms with Gasteiger partial charge in [0.1, 0.15) is 5.75 Å². The van der Waals surface area contributed by atoms with E-state index in [9.17, 15) is 4.79 Å². The molecule has 2 heterocycles. The molecular formula is C23H23N3O4. The summed E-state index contributed by atoms with van der Waals surface area (Å²) in [5.41, 5.74) is 2.60. The topological polar surface area (TPSA) is 72.9 Å². The summed E-state index contributed by atoms with van der Waals surface area (Å²) in [6.07, 6.45) is 2.41. The second-order valence-corrected chi connectivity index (χ2v) is 6.84. The largest absolute Gasteiger partial charge is 0.497 e. The van der Waals surface area contributed by atoms with Gasteiger partial charge in [0.05, 0.1) is 7.11 Å². The molecule has 1 aliphatic heterocycles. The number of rotatable bonds is 7. The van der Waals surface area contributed by atoms with Gasteiger partial charge >= 0.3 is 6.03 Å². The fourth-order valence-corrected chi connectivity index (χ4v) is 3.18. The number of nitrogens with one attached hydrogen (secondary N) is 1. The SMILES string of the molecule is COc1ccc(NC(=O)N(CCc2ccccn2)Cc2ccc3c(c2)OCO3)cc1. The summed E-state index contributed by atoms with van der Waals surface area (Å²) in [5.74, 6) is 2.16. The lowest BCUT2D eigenvalue weighted by atomic mass is 10.1. The molecule has 0 aliphatic carbocycles. The molecule has 1 aromatic heterocycles. The van der Waals surface area contributed by atoms with Gasteiger partial charge in [0.15, 0.2) is 11.5 Å². The van der Waals surface area contributed by atoms with Crippen LogP contribution in [0, 0.1) is 0 Å². The average Bonchev–Trinajstić information content (AvgIpc) is 3.25. The summed E-state index contributed by atoms with van der Waals surface area (Å²) < 4.78 is 16.0. The monoisotopic (exact) mass is 405 g/mol. The minimum Gasteiger partial charge on any atom is -0.497 e. The van der Waals surface area contributed by atoms with Gasteiger partial charge in [-0.25, -0.2) is 4.79 Å². The van der Waals surface area contributed by atoms with Crippen molar-refractivity contribution >= 4 is 11.7 Å². The molecule has 30 heavy (non-hydrogen) atoms. The van der Waals surface area contributed by atoms with Gasteiger partial charge in [0.25, 0.3) is 0 Å². The molecule has 154 valence electrons. The van der Waals surface area contributed by atoms with Crippen molar-refractivity contribution in [2.75, 3.05) is 25.8 Å². The Morgan fingerprint density at radius 2 is 1.93 bits per heavy atom. The third-order valence-corrected chi connectivity index (χ3v) is 4.80. The summed E-state index contributed by atoms with van der Waals surface area (Å²) in [6.45, 7) is 1.18. The van der Waals surface area contributed by atoms with E-state index < -0.39 is 0 Å². The Morgan fingerprint density at radius 1 is 1.10 bits per heavy atom. The third-order valence-electron chi connectivity index (χ3n) is 4.80. The van der Waals surface area contributed by atoms with E-state index in [1.807, 2.05) is 60.7 Å². The molecule has 0 fully saturated rings. The van der Waals surface area contributed by atoms with Gasteiger partial charge in [-0.05, 0) is 54.1 Å². The van der Waals surface area contributed by atoms with Crippen LogP contribution in [0.25, 0.3) is 0 Å². The highest BCUT2D eigenvalue weighted by Crippen LogP contribution is 2.32. The van der Waals surface area contributed by atoms with Crippen molar-refractivity contribution in [3.05, 3.63) is 78.1 Å². The van der Waals surface area contributed by atoms with Crippen LogP contribution in [0.5, 0.6) is 17.2 Å². The van der Waals surface area contributed by atoms with Crippen LogP contribution in [0.2, 0.25) is 0 Å². The molecule has 0 radical (unpaired) electrons. The van der Waals surface area contributed by atoms with E-state index in [1.165, 1.54) is 0 Å². The van der Waals surface area contributed by atoms with Crippen LogP contribution in [0.4, 0.5) is 10.5 Å². The smallest absolute Gasteiger partial charge is 0.322 e. The van der Waals surface area contributed by atoms with Crippen molar-refractivity contribution in [1.29, 1.82) is 0 Å². The number of carbonyl (C=O) groups excluding carboxylic acids is 1. The Kier molecular flexibility index (Phi) is 5.98. The average molecular weight is 405 g/mol. The molecule has 3 aromatic rings. The van der Waals surface area contributed by atoms with E-state index >= 15 is 0 Å². The number of urea groups is 1. The lowest BCUT2D eigenvalue weighted by Crippen LogP contribution is -2.36. The van der Waals surface area contributed by atoms with Crippen molar-refractivity contribution in [2.45, 2.75) is 13.0 Å². The van der Waals surface area contributed by atoms with Crippen LogP contribution in [0.15, 0.2) is 66.9 Å². The Hall–Kier alpha value is -3.74. The first-order chi connectivity index (χ1) is 14.7. The highest BCUT2D eigenvalue weighted by molar-refractivity contribution is 5.89. The molecule has 2 aromatic carbocycles. The van der Waals surface area contributed by atoms with E-state index in [4.69, 9.17) is 14.2 Å². The van der Waals surface area contributed by atoms with Crippen LogP contribution in [0.3, 0.4) is 0 Å². The first-order valence-corrected chi connectivity index (χ1v) is 9.70. The Balaban J connectivity index is 1.48. The van der Waals surface area contributed by atoms with Gasteiger partial charge in [0, 0.05) is 37.1 Å². The molecule has 0 unspecified atom stereocenters. The summed E-state index contributed by atoms with van der Waals surface area (Å²) >= 11 is 0. The van der Waals surface area contributed by atoms with Crippen molar-refractivity contribution in [3.8, 4) is 17.2 Å². The number of amides is 2. The lowest BCUT2D eigenvalue weighted by Gasteiger charge is -2.23. The summed E-state index contributed by atoms with van der Waals surface area (Å²) in [5, 5.41) is 2.96. The zero-order valence-corrected chi connectivity index (χ0v) is 16.7. The standard InChI is InChI=1S/C23H23N3O4/c1-28-20-8-6-19(7-9-20)25-23(27)26(13-11-18-4-2-3-12-24-18)15-17-5-10-21-22(14-17)30-16-29-21/h2-10,12,14H,11,13,15-16H2,1H3,(H,25,27). The quantitative estimate of drug-likeness (QED) is 0.641. The molecule has 0 saturated heterocycles. The van der Waals surface area contributed by atoms with Crippen LogP contribution in [-0.4, -0.2) is 36.4 Å². The molecule has 7 nitrogen and oxygen atoms in total. The zero-order chi connectivity index (χ0) is 20.8. The van der Waals surface area contributed by atoms with E-state index in [1.54, 1.807) is 18.2 Å². The van der Waals surface area contributed by atoms with Crippen molar-refractivity contribution in [2.24, 2.45) is 0 Å². The first kappa shape index (κ1) is 19.6. The summed E-state index contributed by atoms with van der Waals surface area (Å²) in [6, 6.07) is 18.6. The number of ether oxygens (including phenoxy) is 3. The first-order valence-electron chi connectivity index (χ1n) is 9.70. The van der Waals surface area contributed by atoms with E-state index in [0.29, 0.717) is 30.9 Å². The fourth-order valence-electron chi connectivity index (χ4n) is 3.18. The van der Waals surface area contributed by atoms with Crippen LogP contribution < -0.4 is 19.5 Å². The number of aromatic nitrogens is 1. The predicted molar refractivity (Wildman–Crippen MR) is 113 cm³/mol. The van der Waals surface area contributed by atoms with Gasteiger partial charge < -0.3 is 24.4 Å². The minimum absolute atomic E-state index is 0.186. The minimum atomic E-state index is -0.186. The van der Waals surface area contributed by atoms with Crippen molar-refractivity contribution in [3.63, 3.8) is 0 Å². The number of pyridine rings is 1. The molecule has 0 saturated carbocycles. The predicted octanol–water partition coefficient (Wildman–Crippen LogP) is 4.10. The van der Waals surface area contributed by atoms with Gasteiger partial charge in [-0.1, -0.05) is 12.1 Å². The molecule has 0 spiro atoms. The number of methoxy groups -OCH3 is 1. The Morgan fingerprint density at radius 3 is 2.70 bits per heavy atom. The van der Waals surface area contributed by atoms with Crippen molar-refractivity contribution < 1.29 is 19.0 Å². The number of hydrogen-bond donors (Lipinski definition) is 1. The van der Waals surface area contributed by atoms with E-state index in [0.717, 1.165) is 22.8 Å². The van der Waals surface area contributed by atoms with Gasteiger partial charge in [-0.2, -0.15) is 0 Å². The van der Waals surface area contributed by atoms with Crippen molar-refractivity contribution in [1.82, 2.24) is 9.88 Å². The number of fused-ring (bicyclic) bond motifs is 1. The maximum atomic E-state index is 13.0. The Labute approximate surface area is 175 Å². The summed E-state index contributed by atoms with van der Waals surface area (Å²) in [4.78, 5) is 19.2. The highest BCUT2D eigenvalue weighted by atomic mass is 16.7. The van der Waals surface area contributed by atoms with Crippen LogP contribution in [0.1, 0.15) is 11.3 Å². The lowest BCUT2D eigenvalue weighted by molar-refractivity contribution is 0.174. The molecule has 1 aliphatic rings. The number of hydrogen-bond acceptors (Lipinski definition) is 5. The van der Waals surface area contributed by atoms with Gasteiger partial charge in [-0.15, -0.1) is 0 Å². The zero-order valence-electron chi connectivity index (χ0n) is 16.7. The van der Waals surface area contributed by atoms with Crippen LogP contribution in [-0.2, 0) is 13.0 Å². The fraction of sp³-hybridized carbons (Fsp3) is 0.217. The summed E-state index contributed by atoms with van der Waals surface area (Å²) in [7, 11) is 1.61. The number of benzene rings is 2. The van der Waals surface area contributed by atoms with E-state index in [2.05, 4.69) is 10.3 Å². The van der Waals surface area contributed by atoms with Gasteiger partial charge in [-0.3, -0.25) is 4.98 Å².